The minimum atomic E-state index is -3.24. The quantitative estimate of drug-likeness (QED) is 0.714. The number of nitrogens with zero attached hydrogens (tertiary/aromatic N) is 2. The van der Waals surface area contributed by atoms with Crippen molar-refractivity contribution >= 4 is 22.0 Å². The molecule has 1 rings (SSSR count). The Morgan fingerprint density at radius 3 is 2.20 bits per heavy atom. The van der Waals surface area contributed by atoms with E-state index in [-0.39, 0.29) is 26.2 Å². The summed E-state index contributed by atoms with van der Waals surface area (Å²) in [7, 11) is -3.24. The first-order valence-corrected chi connectivity index (χ1v) is 8.34. The Morgan fingerprint density at radius 2 is 1.80 bits per heavy atom. The number of carbonyl (C=O) groups is 2. The number of carboxylic acid groups (broad SMARTS) is 1. The van der Waals surface area contributed by atoms with E-state index in [4.69, 9.17) is 5.11 Å². The van der Waals surface area contributed by atoms with Crippen LogP contribution in [0.2, 0.25) is 0 Å². The first kappa shape index (κ1) is 16.7. The van der Waals surface area contributed by atoms with Gasteiger partial charge in [0.1, 0.15) is 6.04 Å². The molecule has 0 aromatic carbocycles. The molecule has 1 saturated heterocycles. The smallest absolute Gasteiger partial charge is 0.326 e. The van der Waals surface area contributed by atoms with Crippen LogP contribution in [0.25, 0.3) is 0 Å². The van der Waals surface area contributed by atoms with Gasteiger partial charge >= 0.3 is 12.0 Å². The van der Waals surface area contributed by atoms with E-state index in [0.717, 1.165) is 6.26 Å². The second-order valence-corrected chi connectivity index (χ2v) is 6.76. The maximum Gasteiger partial charge on any atom is 0.326 e. The lowest BCUT2D eigenvalue weighted by Crippen LogP contribution is -2.55. The van der Waals surface area contributed by atoms with Crippen molar-refractivity contribution in [3.05, 3.63) is 0 Å². The van der Waals surface area contributed by atoms with Crippen molar-refractivity contribution in [3.8, 4) is 0 Å². The molecule has 0 aliphatic carbocycles. The molecular formula is C11H21N3O5S. The fourth-order valence-corrected chi connectivity index (χ4v) is 2.84. The van der Waals surface area contributed by atoms with Crippen LogP contribution in [0, 0.1) is 0 Å². The van der Waals surface area contributed by atoms with Crippen LogP contribution in [0.5, 0.6) is 0 Å². The van der Waals surface area contributed by atoms with Gasteiger partial charge in [-0.1, -0.05) is 13.3 Å². The first-order valence-electron chi connectivity index (χ1n) is 6.49. The maximum absolute atomic E-state index is 11.9. The second kappa shape index (κ2) is 6.89. The van der Waals surface area contributed by atoms with Crippen LogP contribution in [0.4, 0.5) is 4.79 Å². The largest absolute Gasteiger partial charge is 0.480 e. The number of amides is 2. The van der Waals surface area contributed by atoms with E-state index in [2.05, 4.69) is 5.32 Å². The average Bonchev–Trinajstić information content (AvgIpc) is 2.37. The number of hydrogen-bond donors (Lipinski definition) is 2. The van der Waals surface area contributed by atoms with E-state index in [9.17, 15) is 18.0 Å². The van der Waals surface area contributed by atoms with Crippen LogP contribution >= 0.6 is 0 Å². The summed E-state index contributed by atoms with van der Waals surface area (Å²) < 4.78 is 24.0. The molecule has 1 heterocycles. The van der Waals surface area contributed by atoms with E-state index in [1.165, 1.54) is 9.21 Å². The highest BCUT2D eigenvalue weighted by molar-refractivity contribution is 7.88. The molecule has 0 spiro atoms. The number of nitrogens with one attached hydrogen (secondary N) is 1. The number of hydrogen-bond acceptors (Lipinski definition) is 4. The molecule has 20 heavy (non-hydrogen) atoms. The van der Waals surface area contributed by atoms with Gasteiger partial charge < -0.3 is 15.3 Å². The lowest BCUT2D eigenvalue weighted by molar-refractivity contribution is -0.139. The topological polar surface area (TPSA) is 107 Å². The third kappa shape index (κ3) is 4.64. The molecule has 0 aromatic heterocycles. The number of rotatable bonds is 5. The molecule has 2 N–H and O–H groups in total. The predicted molar refractivity (Wildman–Crippen MR) is 72.9 cm³/mol. The highest BCUT2D eigenvalue weighted by atomic mass is 32.2. The molecule has 8 nitrogen and oxygen atoms in total. The standard InChI is InChI=1S/C11H21N3O5S/c1-3-4-9(10(15)16)12-11(17)13-5-7-14(8-6-13)20(2,18)19/h9H,3-8H2,1-2H3,(H,12,17)(H,15,16). The SMILES string of the molecule is CCCC(NC(=O)N1CCN(S(C)(=O)=O)CC1)C(=O)O. The summed E-state index contributed by atoms with van der Waals surface area (Å²) in [6, 6.07) is -1.36. The van der Waals surface area contributed by atoms with Crippen molar-refractivity contribution in [2.75, 3.05) is 32.4 Å². The van der Waals surface area contributed by atoms with Gasteiger partial charge in [0.2, 0.25) is 10.0 Å². The van der Waals surface area contributed by atoms with E-state index in [1.807, 2.05) is 6.92 Å². The summed E-state index contributed by atoms with van der Waals surface area (Å²) in [6.45, 7) is 2.83. The lowest BCUT2D eigenvalue weighted by atomic mass is 10.2. The predicted octanol–water partition coefficient (Wildman–Crippen LogP) is -0.473. The summed E-state index contributed by atoms with van der Waals surface area (Å²) in [4.78, 5) is 24.3. The third-order valence-corrected chi connectivity index (χ3v) is 4.47. The molecule has 0 saturated carbocycles. The Labute approximate surface area is 118 Å². The number of urea groups is 1. The van der Waals surface area contributed by atoms with Crippen molar-refractivity contribution in [1.29, 1.82) is 0 Å². The van der Waals surface area contributed by atoms with Gasteiger partial charge in [-0.3, -0.25) is 0 Å². The van der Waals surface area contributed by atoms with Crippen LogP contribution in [-0.4, -0.2) is 73.2 Å². The Hall–Kier alpha value is -1.35. The molecule has 116 valence electrons. The number of piperazine rings is 1. The van der Waals surface area contributed by atoms with Crippen LogP contribution in [0.1, 0.15) is 19.8 Å². The van der Waals surface area contributed by atoms with E-state index in [1.54, 1.807) is 0 Å². The van der Waals surface area contributed by atoms with Gasteiger partial charge in [-0.05, 0) is 6.42 Å². The van der Waals surface area contributed by atoms with Gasteiger partial charge in [-0.15, -0.1) is 0 Å². The molecule has 0 bridgehead atoms. The number of carbonyl (C=O) groups excluding carboxylic acids is 1. The fraction of sp³-hybridized carbons (Fsp3) is 0.818. The zero-order valence-electron chi connectivity index (χ0n) is 11.7. The molecule has 9 heteroatoms. The lowest BCUT2D eigenvalue weighted by Gasteiger charge is -2.33. The second-order valence-electron chi connectivity index (χ2n) is 4.78. The summed E-state index contributed by atoms with van der Waals surface area (Å²) in [5, 5.41) is 11.4. The molecular weight excluding hydrogens is 286 g/mol. The third-order valence-electron chi connectivity index (χ3n) is 3.17. The molecule has 1 fully saturated rings. The Balaban J connectivity index is 2.52. The number of sulfonamides is 1. The van der Waals surface area contributed by atoms with E-state index < -0.39 is 28.1 Å². The molecule has 1 unspecified atom stereocenters. The van der Waals surface area contributed by atoms with Gasteiger partial charge in [0.15, 0.2) is 0 Å². The maximum atomic E-state index is 11.9. The van der Waals surface area contributed by atoms with Crippen LogP contribution in [-0.2, 0) is 14.8 Å². The highest BCUT2D eigenvalue weighted by Crippen LogP contribution is 2.07. The van der Waals surface area contributed by atoms with Gasteiger partial charge in [-0.25, -0.2) is 18.0 Å². The van der Waals surface area contributed by atoms with E-state index in [0.29, 0.717) is 12.8 Å². The minimum absolute atomic E-state index is 0.234. The Kier molecular flexibility index (Phi) is 5.75. The summed E-state index contributed by atoms with van der Waals surface area (Å²) in [6.07, 6.45) is 2.15. The zero-order chi connectivity index (χ0) is 15.3. The first-order chi connectivity index (χ1) is 9.25. The van der Waals surface area contributed by atoms with Gasteiger partial charge in [0.05, 0.1) is 6.26 Å². The zero-order valence-corrected chi connectivity index (χ0v) is 12.5. The minimum Gasteiger partial charge on any atom is -0.480 e. The van der Waals surface area contributed by atoms with Gasteiger partial charge in [0.25, 0.3) is 0 Å². The van der Waals surface area contributed by atoms with Gasteiger partial charge in [0, 0.05) is 26.2 Å². The van der Waals surface area contributed by atoms with Crippen molar-refractivity contribution < 1.29 is 23.1 Å². The molecule has 1 atom stereocenters. The number of carboxylic acids is 1. The van der Waals surface area contributed by atoms with Crippen molar-refractivity contribution in [1.82, 2.24) is 14.5 Å². The Morgan fingerprint density at radius 1 is 1.25 bits per heavy atom. The van der Waals surface area contributed by atoms with Crippen molar-refractivity contribution in [3.63, 3.8) is 0 Å². The van der Waals surface area contributed by atoms with Crippen molar-refractivity contribution in [2.45, 2.75) is 25.8 Å². The molecule has 2 amide bonds. The molecule has 0 aromatic rings. The average molecular weight is 307 g/mol. The van der Waals surface area contributed by atoms with E-state index >= 15 is 0 Å². The summed E-state index contributed by atoms with van der Waals surface area (Å²) in [5.41, 5.74) is 0. The Bertz CT molecular complexity index is 457. The monoisotopic (exact) mass is 307 g/mol. The van der Waals surface area contributed by atoms with Crippen LogP contribution < -0.4 is 5.32 Å². The van der Waals surface area contributed by atoms with Crippen LogP contribution in [0.3, 0.4) is 0 Å². The van der Waals surface area contributed by atoms with Gasteiger partial charge in [-0.2, -0.15) is 4.31 Å². The highest BCUT2D eigenvalue weighted by Gasteiger charge is 2.28. The molecule has 1 aliphatic heterocycles. The number of aliphatic carboxylic acids is 1. The molecule has 1 aliphatic rings. The van der Waals surface area contributed by atoms with Crippen molar-refractivity contribution in [2.24, 2.45) is 0 Å². The fourth-order valence-electron chi connectivity index (χ4n) is 2.01. The molecule has 0 radical (unpaired) electrons. The summed E-state index contributed by atoms with van der Waals surface area (Å²) in [5.74, 6) is -1.06. The van der Waals surface area contributed by atoms with Crippen LogP contribution in [0.15, 0.2) is 0 Å². The summed E-state index contributed by atoms with van der Waals surface area (Å²) >= 11 is 0. The normalized spacial score (nSPS) is 18.6.